The van der Waals surface area contributed by atoms with Crippen LogP contribution < -0.4 is 11.1 Å². The first-order valence-corrected chi connectivity index (χ1v) is 6.01. The monoisotopic (exact) mass is 244 g/mol. The van der Waals surface area contributed by atoms with Gasteiger partial charge >= 0.3 is 5.97 Å². The number of carbonyl (C=O) groups excluding carboxylic acids is 1. The number of carbonyl (C=O) groups is 2. The Hall–Kier alpha value is -1.10. The van der Waals surface area contributed by atoms with Gasteiger partial charge in [-0.05, 0) is 18.3 Å². The molecule has 100 valence electrons. The van der Waals surface area contributed by atoms with Crippen molar-refractivity contribution in [3.63, 3.8) is 0 Å². The second-order valence-electron chi connectivity index (χ2n) is 5.18. The van der Waals surface area contributed by atoms with Crippen molar-refractivity contribution in [3.8, 4) is 0 Å². The summed E-state index contributed by atoms with van der Waals surface area (Å²) in [6.07, 6.45) is 0.548. The average Bonchev–Trinajstić information content (AvgIpc) is 2.21. The summed E-state index contributed by atoms with van der Waals surface area (Å²) in [4.78, 5) is 22.5. The van der Waals surface area contributed by atoms with Crippen molar-refractivity contribution in [2.45, 2.75) is 40.2 Å². The number of aliphatic carboxylic acids is 1. The molecular weight excluding hydrogens is 220 g/mol. The molecule has 0 heterocycles. The van der Waals surface area contributed by atoms with Crippen LogP contribution in [-0.4, -0.2) is 29.6 Å². The summed E-state index contributed by atoms with van der Waals surface area (Å²) in [5.41, 5.74) is 5.66. The van der Waals surface area contributed by atoms with E-state index in [1.807, 2.05) is 27.7 Å². The highest BCUT2D eigenvalue weighted by Crippen LogP contribution is 2.11. The van der Waals surface area contributed by atoms with E-state index < -0.39 is 17.9 Å². The predicted octanol–water partition coefficient (Wildman–Crippen LogP) is 0.833. The molecular formula is C12H24N2O3. The molecule has 0 aliphatic carbocycles. The molecule has 0 radical (unpaired) electrons. The zero-order valence-electron chi connectivity index (χ0n) is 11.1. The van der Waals surface area contributed by atoms with Crippen molar-refractivity contribution in [1.29, 1.82) is 0 Å². The Morgan fingerprint density at radius 2 is 1.76 bits per heavy atom. The zero-order valence-corrected chi connectivity index (χ0v) is 11.1. The molecule has 0 aromatic rings. The Morgan fingerprint density at radius 1 is 1.24 bits per heavy atom. The highest BCUT2D eigenvalue weighted by molar-refractivity contribution is 5.82. The molecule has 4 N–H and O–H groups in total. The van der Waals surface area contributed by atoms with Gasteiger partial charge in [0.2, 0.25) is 5.91 Å². The van der Waals surface area contributed by atoms with Crippen LogP contribution in [0.3, 0.4) is 0 Å². The van der Waals surface area contributed by atoms with Crippen molar-refractivity contribution in [1.82, 2.24) is 5.32 Å². The molecule has 0 aliphatic heterocycles. The topological polar surface area (TPSA) is 92.4 Å². The van der Waals surface area contributed by atoms with Crippen LogP contribution in [0.5, 0.6) is 0 Å². The maximum atomic E-state index is 11.6. The normalized spacial score (nSPS) is 14.8. The van der Waals surface area contributed by atoms with Crippen molar-refractivity contribution in [2.75, 3.05) is 6.54 Å². The summed E-state index contributed by atoms with van der Waals surface area (Å²) in [6, 6.07) is -0.580. The van der Waals surface area contributed by atoms with Crippen LogP contribution in [0.1, 0.15) is 34.1 Å². The molecule has 0 aromatic heterocycles. The molecule has 17 heavy (non-hydrogen) atoms. The third-order valence-corrected chi connectivity index (χ3v) is 2.65. The van der Waals surface area contributed by atoms with Gasteiger partial charge in [0.05, 0.1) is 12.0 Å². The Labute approximate surface area is 103 Å². The Morgan fingerprint density at radius 3 is 2.12 bits per heavy atom. The first-order chi connectivity index (χ1) is 7.75. The van der Waals surface area contributed by atoms with Gasteiger partial charge in [0.25, 0.3) is 0 Å². The summed E-state index contributed by atoms with van der Waals surface area (Å²) in [7, 11) is 0. The van der Waals surface area contributed by atoms with Crippen molar-refractivity contribution < 1.29 is 14.7 Å². The van der Waals surface area contributed by atoms with Crippen molar-refractivity contribution in [3.05, 3.63) is 0 Å². The highest BCUT2D eigenvalue weighted by atomic mass is 16.4. The van der Waals surface area contributed by atoms with Gasteiger partial charge in [-0.1, -0.05) is 27.7 Å². The lowest BCUT2D eigenvalue weighted by atomic mass is 9.97. The van der Waals surface area contributed by atoms with E-state index in [1.54, 1.807) is 0 Å². The van der Waals surface area contributed by atoms with Gasteiger partial charge in [-0.15, -0.1) is 0 Å². The summed E-state index contributed by atoms with van der Waals surface area (Å²) in [5.74, 6) is -1.37. The van der Waals surface area contributed by atoms with Crippen LogP contribution in [0.2, 0.25) is 0 Å². The van der Waals surface area contributed by atoms with E-state index in [-0.39, 0.29) is 24.3 Å². The predicted molar refractivity (Wildman–Crippen MR) is 66.4 cm³/mol. The molecule has 1 amide bonds. The van der Waals surface area contributed by atoms with E-state index in [9.17, 15) is 9.59 Å². The first-order valence-electron chi connectivity index (χ1n) is 6.01. The minimum Gasteiger partial charge on any atom is -0.481 e. The number of hydrogen-bond acceptors (Lipinski definition) is 3. The number of carboxylic acid groups (broad SMARTS) is 1. The molecule has 0 spiro atoms. The number of nitrogens with one attached hydrogen (secondary N) is 1. The van der Waals surface area contributed by atoms with E-state index in [4.69, 9.17) is 10.8 Å². The number of hydrogen-bond donors (Lipinski definition) is 3. The van der Waals surface area contributed by atoms with Gasteiger partial charge in [-0.25, -0.2) is 0 Å². The van der Waals surface area contributed by atoms with Crippen molar-refractivity contribution >= 4 is 11.9 Å². The first kappa shape index (κ1) is 15.9. The summed E-state index contributed by atoms with van der Waals surface area (Å²) < 4.78 is 0. The molecule has 5 heteroatoms. The van der Waals surface area contributed by atoms with E-state index in [0.717, 1.165) is 0 Å². The zero-order chi connectivity index (χ0) is 13.6. The maximum Gasteiger partial charge on any atom is 0.308 e. The molecule has 0 saturated carbocycles. The molecule has 2 atom stereocenters. The lowest BCUT2D eigenvalue weighted by Crippen LogP contribution is -2.46. The molecule has 5 nitrogen and oxygen atoms in total. The largest absolute Gasteiger partial charge is 0.481 e. The molecule has 0 rings (SSSR count). The van der Waals surface area contributed by atoms with Crippen LogP contribution >= 0.6 is 0 Å². The molecule has 2 unspecified atom stereocenters. The fourth-order valence-electron chi connectivity index (χ4n) is 1.48. The van der Waals surface area contributed by atoms with Crippen LogP contribution in [-0.2, 0) is 9.59 Å². The number of rotatable bonds is 7. The average molecular weight is 244 g/mol. The number of carboxylic acids is 1. The summed E-state index contributed by atoms with van der Waals surface area (Å²) in [5, 5.41) is 11.6. The molecule has 0 aliphatic rings. The quantitative estimate of drug-likeness (QED) is 0.618. The lowest BCUT2D eigenvalue weighted by Gasteiger charge is -2.19. The van der Waals surface area contributed by atoms with E-state index in [2.05, 4.69) is 5.32 Å². The van der Waals surface area contributed by atoms with E-state index in [0.29, 0.717) is 6.42 Å². The third-order valence-electron chi connectivity index (χ3n) is 2.65. The molecule has 0 bridgehead atoms. The second-order valence-corrected chi connectivity index (χ2v) is 5.18. The van der Waals surface area contributed by atoms with Gasteiger partial charge in [0.1, 0.15) is 0 Å². The van der Waals surface area contributed by atoms with Gasteiger partial charge in [-0.3, -0.25) is 9.59 Å². The standard InChI is InChI=1S/C12H24N2O3/c1-7(2)5-9(12(16)17)6-14-11(15)10(13)8(3)4/h7-10H,5-6,13H2,1-4H3,(H,14,15)(H,16,17). The summed E-state index contributed by atoms with van der Waals surface area (Å²) >= 11 is 0. The molecule has 0 saturated heterocycles. The van der Waals surface area contributed by atoms with Crippen LogP contribution in [0.25, 0.3) is 0 Å². The van der Waals surface area contributed by atoms with Crippen molar-refractivity contribution in [2.24, 2.45) is 23.5 Å². The smallest absolute Gasteiger partial charge is 0.308 e. The molecule has 0 fully saturated rings. The second kappa shape index (κ2) is 7.27. The lowest BCUT2D eigenvalue weighted by molar-refractivity contribution is -0.142. The fourth-order valence-corrected chi connectivity index (χ4v) is 1.48. The molecule has 0 aromatic carbocycles. The maximum absolute atomic E-state index is 11.6. The van der Waals surface area contributed by atoms with Gasteiger partial charge in [0, 0.05) is 6.54 Å². The Bertz CT molecular complexity index is 264. The highest BCUT2D eigenvalue weighted by Gasteiger charge is 2.22. The van der Waals surface area contributed by atoms with Crippen LogP contribution in [0.4, 0.5) is 0 Å². The van der Waals surface area contributed by atoms with Crippen LogP contribution in [0.15, 0.2) is 0 Å². The van der Waals surface area contributed by atoms with Gasteiger partial charge in [-0.2, -0.15) is 0 Å². The SMILES string of the molecule is CC(C)CC(CNC(=O)C(N)C(C)C)C(=O)O. The number of nitrogens with two attached hydrogens (primary N) is 1. The minimum absolute atomic E-state index is 0.0448. The Balaban J connectivity index is 4.22. The minimum atomic E-state index is -0.878. The van der Waals surface area contributed by atoms with E-state index in [1.165, 1.54) is 0 Å². The fraction of sp³-hybridized carbons (Fsp3) is 0.833. The van der Waals surface area contributed by atoms with Gasteiger partial charge < -0.3 is 16.2 Å². The number of amides is 1. The van der Waals surface area contributed by atoms with Gasteiger partial charge in [0.15, 0.2) is 0 Å². The Kier molecular flexibility index (Phi) is 6.80. The van der Waals surface area contributed by atoms with E-state index >= 15 is 0 Å². The third kappa shape index (κ3) is 6.26. The van der Waals surface area contributed by atoms with Crippen LogP contribution in [0, 0.1) is 17.8 Å². The summed E-state index contributed by atoms with van der Waals surface area (Å²) in [6.45, 7) is 7.77.